The predicted molar refractivity (Wildman–Crippen MR) is 76.6 cm³/mol. The van der Waals surface area contributed by atoms with Crippen molar-refractivity contribution in [2.75, 3.05) is 26.7 Å². The van der Waals surface area contributed by atoms with Gasteiger partial charge in [-0.15, -0.1) is 0 Å². The standard InChI is InChI=1S/C15H24N2O2/c1-3-17(11-13-7-5-9-16-13)10-12-6-4-8-14(19-2)15(12)18/h4,6,8,13,16,18H,3,5,7,9-11H2,1-2H3. The second-order valence-corrected chi connectivity index (χ2v) is 5.09. The van der Waals surface area contributed by atoms with E-state index in [1.54, 1.807) is 13.2 Å². The van der Waals surface area contributed by atoms with Gasteiger partial charge in [-0.25, -0.2) is 0 Å². The van der Waals surface area contributed by atoms with Crippen molar-refractivity contribution < 1.29 is 9.84 Å². The molecule has 1 saturated heterocycles. The minimum absolute atomic E-state index is 0.267. The Morgan fingerprint density at radius 2 is 2.32 bits per heavy atom. The number of para-hydroxylation sites is 1. The topological polar surface area (TPSA) is 44.7 Å². The van der Waals surface area contributed by atoms with Crippen LogP contribution in [0, 0.1) is 0 Å². The lowest BCUT2D eigenvalue weighted by Gasteiger charge is -2.24. The lowest BCUT2D eigenvalue weighted by Crippen LogP contribution is -2.37. The fourth-order valence-electron chi connectivity index (χ4n) is 2.63. The maximum atomic E-state index is 10.1. The number of hydrogen-bond donors (Lipinski definition) is 2. The first-order valence-electron chi connectivity index (χ1n) is 7.05. The number of aromatic hydroxyl groups is 1. The van der Waals surface area contributed by atoms with Crippen LogP contribution in [-0.2, 0) is 6.54 Å². The Morgan fingerprint density at radius 1 is 1.47 bits per heavy atom. The molecule has 0 aromatic heterocycles. The second-order valence-electron chi connectivity index (χ2n) is 5.09. The highest BCUT2D eigenvalue weighted by Gasteiger charge is 2.18. The third kappa shape index (κ3) is 3.61. The fraction of sp³-hybridized carbons (Fsp3) is 0.600. The van der Waals surface area contributed by atoms with Crippen LogP contribution in [0.4, 0.5) is 0 Å². The summed E-state index contributed by atoms with van der Waals surface area (Å²) < 4.78 is 5.15. The molecule has 1 heterocycles. The number of ether oxygens (including phenoxy) is 1. The highest BCUT2D eigenvalue weighted by atomic mass is 16.5. The van der Waals surface area contributed by atoms with Gasteiger partial charge in [-0.05, 0) is 32.0 Å². The second kappa shape index (κ2) is 6.78. The molecule has 2 rings (SSSR count). The summed E-state index contributed by atoms with van der Waals surface area (Å²) in [5.41, 5.74) is 0.930. The largest absolute Gasteiger partial charge is 0.504 e. The number of methoxy groups -OCH3 is 1. The van der Waals surface area contributed by atoms with E-state index in [1.165, 1.54) is 12.8 Å². The number of phenols is 1. The molecule has 1 fully saturated rings. The Labute approximate surface area is 115 Å². The summed E-state index contributed by atoms with van der Waals surface area (Å²) in [5.74, 6) is 0.815. The van der Waals surface area contributed by atoms with Crippen LogP contribution < -0.4 is 10.1 Å². The maximum Gasteiger partial charge on any atom is 0.162 e. The molecule has 1 unspecified atom stereocenters. The van der Waals surface area contributed by atoms with E-state index < -0.39 is 0 Å². The summed E-state index contributed by atoms with van der Waals surface area (Å²) in [6.45, 7) is 6.07. The van der Waals surface area contributed by atoms with Crippen molar-refractivity contribution in [3.05, 3.63) is 23.8 Å². The van der Waals surface area contributed by atoms with Crippen LogP contribution in [-0.4, -0.2) is 42.8 Å². The van der Waals surface area contributed by atoms with Crippen LogP contribution in [0.3, 0.4) is 0 Å². The number of hydrogen-bond acceptors (Lipinski definition) is 4. The third-order valence-electron chi connectivity index (χ3n) is 3.78. The summed E-state index contributed by atoms with van der Waals surface area (Å²) >= 11 is 0. The number of phenolic OH excluding ortho intramolecular Hbond substituents is 1. The fourth-order valence-corrected chi connectivity index (χ4v) is 2.63. The Balaban J connectivity index is 2.01. The monoisotopic (exact) mass is 264 g/mol. The average Bonchev–Trinajstić information content (AvgIpc) is 2.93. The number of rotatable bonds is 6. The van der Waals surface area contributed by atoms with E-state index in [-0.39, 0.29) is 5.75 Å². The van der Waals surface area contributed by atoms with Gasteiger partial charge in [0.25, 0.3) is 0 Å². The Kier molecular flexibility index (Phi) is 5.05. The minimum Gasteiger partial charge on any atom is -0.504 e. The van der Waals surface area contributed by atoms with Crippen LogP contribution in [0.2, 0.25) is 0 Å². The van der Waals surface area contributed by atoms with Gasteiger partial charge in [0.15, 0.2) is 11.5 Å². The molecular formula is C15H24N2O2. The Bertz CT molecular complexity index is 403. The zero-order valence-corrected chi connectivity index (χ0v) is 11.9. The van der Waals surface area contributed by atoms with Crippen LogP contribution >= 0.6 is 0 Å². The summed E-state index contributed by atoms with van der Waals surface area (Å²) in [5, 5.41) is 13.6. The van der Waals surface area contributed by atoms with Crippen molar-refractivity contribution in [3.8, 4) is 11.5 Å². The van der Waals surface area contributed by atoms with Gasteiger partial charge >= 0.3 is 0 Å². The predicted octanol–water partition coefficient (Wildman–Crippen LogP) is 1.97. The van der Waals surface area contributed by atoms with E-state index >= 15 is 0 Å². The summed E-state index contributed by atoms with van der Waals surface area (Å²) in [7, 11) is 1.58. The smallest absolute Gasteiger partial charge is 0.162 e. The molecule has 1 aliphatic rings. The van der Waals surface area contributed by atoms with Crippen molar-refractivity contribution in [2.24, 2.45) is 0 Å². The lowest BCUT2D eigenvalue weighted by atomic mass is 10.1. The average molecular weight is 264 g/mol. The lowest BCUT2D eigenvalue weighted by molar-refractivity contribution is 0.249. The molecule has 0 amide bonds. The molecule has 106 valence electrons. The summed E-state index contributed by atoms with van der Waals surface area (Å²) in [4.78, 5) is 2.36. The molecule has 0 radical (unpaired) electrons. The van der Waals surface area contributed by atoms with Gasteiger partial charge in [0.1, 0.15) is 0 Å². The van der Waals surface area contributed by atoms with Crippen molar-refractivity contribution in [1.29, 1.82) is 0 Å². The molecule has 4 heteroatoms. The number of benzene rings is 1. The number of likely N-dealkylation sites (N-methyl/N-ethyl adjacent to an activating group) is 1. The van der Waals surface area contributed by atoms with Gasteiger partial charge in [-0.1, -0.05) is 19.1 Å². The molecule has 1 aromatic rings. The first-order chi connectivity index (χ1) is 9.24. The minimum atomic E-state index is 0.267. The Hall–Kier alpha value is -1.26. The quantitative estimate of drug-likeness (QED) is 0.824. The van der Waals surface area contributed by atoms with Gasteiger partial charge in [0, 0.05) is 24.7 Å². The first-order valence-corrected chi connectivity index (χ1v) is 7.05. The van der Waals surface area contributed by atoms with Gasteiger partial charge in [-0.3, -0.25) is 4.90 Å². The SMILES string of the molecule is CCN(Cc1cccc(OC)c1O)CC1CCCN1. The first kappa shape index (κ1) is 14.2. The zero-order valence-electron chi connectivity index (χ0n) is 11.9. The molecule has 19 heavy (non-hydrogen) atoms. The molecule has 0 spiro atoms. The Morgan fingerprint density at radius 3 is 2.95 bits per heavy atom. The summed E-state index contributed by atoms with van der Waals surface area (Å²) in [6, 6.07) is 6.26. The molecule has 1 aliphatic heterocycles. The normalized spacial score (nSPS) is 19.0. The van der Waals surface area contributed by atoms with Crippen molar-refractivity contribution in [1.82, 2.24) is 10.2 Å². The van der Waals surface area contributed by atoms with Crippen molar-refractivity contribution in [3.63, 3.8) is 0 Å². The molecule has 0 bridgehead atoms. The zero-order chi connectivity index (χ0) is 13.7. The van der Waals surface area contributed by atoms with E-state index in [0.29, 0.717) is 11.8 Å². The van der Waals surface area contributed by atoms with Gasteiger partial charge < -0.3 is 15.2 Å². The van der Waals surface area contributed by atoms with Crippen molar-refractivity contribution in [2.45, 2.75) is 32.4 Å². The van der Waals surface area contributed by atoms with Crippen LogP contribution in [0.1, 0.15) is 25.3 Å². The van der Waals surface area contributed by atoms with E-state index in [1.807, 2.05) is 12.1 Å². The van der Waals surface area contributed by atoms with E-state index in [9.17, 15) is 5.11 Å². The maximum absolute atomic E-state index is 10.1. The van der Waals surface area contributed by atoms with Crippen LogP contribution in [0.15, 0.2) is 18.2 Å². The highest BCUT2D eigenvalue weighted by Crippen LogP contribution is 2.30. The van der Waals surface area contributed by atoms with Gasteiger partial charge in [0.05, 0.1) is 7.11 Å². The molecule has 1 aromatic carbocycles. The molecule has 4 nitrogen and oxygen atoms in total. The number of nitrogens with one attached hydrogen (secondary N) is 1. The molecule has 1 atom stereocenters. The molecule has 2 N–H and O–H groups in total. The van der Waals surface area contributed by atoms with Gasteiger partial charge in [0.2, 0.25) is 0 Å². The van der Waals surface area contributed by atoms with E-state index in [0.717, 1.165) is 31.7 Å². The third-order valence-corrected chi connectivity index (χ3v) is 3.78. The molecular weight excluding hydrogens is 240 g/mol. The van der Waals surface area contributed by atoms with E-state index in [2.05, 4.69) is 17.1 Å². The molecule has 0 aliphatic carbocycles. The van der Waals surface area contributed by atoms with Crippen molar-refractivity contribution >= 4 is 0 Å². The molecule has 0 saturated carbocycles. The van der Waals surface area contributed by atoms with Gasteiger partial charge in [-0.2, -0.15) is 0 Å². The van der Waals surface area contributed by atoms with Crippen LogP contribution in [0.25, 0.3) is 0 Å². The summed E-state index contributed by atoms with van der Waals surface area (Å²) in [6.07, 6.45) is 2.52. The number of nitrogens with zero attached hydrogens (tertiary/aromatic N) is 1. The van der Waals surface area contributed by atoms with Crippen LogP contribution in [0.5, 0.6) is 11.5 Å². The highest BCUT2D eigenvalue weighted by molar-refractivity contribution is 5.45. The van der Waals surface area contributed by atoms with E-state index in [4.69, 9.17) is 4.74 Å².